The fourth-order valence-corrected chi connectivity index (χ4v) is 3.85. The number of aromatic nitrogens is 2. The first-order valence-electron chi connectivity index (χ1n) is 9.90. The third-order valence-electron chi connectivity index (χ3n) is 5.16. The van der Waals surface area contributed by atoms with E-state index in [2.05, 4.69) is 25.9 Å². The van der Waals surface area contributed by atoms with Crippen molar-refractivity contribution >= 4 is 40.3 Å². The van der Waals surface area contributed by atoms with Crippen molar-refractivity contribution in [3.05, 3.63) is 53.1 Å². The molecule has 4 rings (SSSR count). The van der Waals surface area contributed by atoms with Crippen molar-refractivity contribution in [2.75, 3.05) is 26.0 Å². The topological polar surface area (TPSA) is 93.4 Å². The van der Waals surface area contributed by atoms with E-state index in [1.54, 1.807) is 13.2 Å². The molecule has 9 heteroatoms. The monoisotopic (exact) mass is 445 g/mol. The Morgan fingerprint density at radius 1 is 1.32 bits per heavy atom. The van der Waals surface area contributed by atoms with E-state index in [9.17, 15) is 9.18 Å². The minimum absolute atomic E-state index is 0.0321. The average molecular weight is 446 g/mol. The van der Waals surface area contributed by atoms with Gasteiger partial charge in [0.15, 0.2) is 0 Å². The molecule has 2 heterocycles. The summed E-state index contributed by atoms with van der Waals surface area (Å²) in [6, 6.07) is 8.17. The van der Waals surface area contributed by atoms with E-state index in [4.69, 9.17) is 16.3 Å². The van der Waals surface area contributed by atoms with E-state index in [-0.39, 0.29) is 11.1 Å². The lowest BCUT2D eigenvalue weighted by Crippen LogP contribution is -2.30. The van der Waals surface area contributed by atoms with E-state index in [0.717, 1.165) is 36.6 Å². The van der Waals surface area contributed by atoms with Crippen LogP contribution in [-0.4, -0.2) is 47.9 Å². The molecule has 1 saturated heterocycles. The zero-order chi connectivity index (χ0) is 22.4. The second-order valence-electron chi connectivity index (χ2n) is 6.97. The Morgan fingerprint density at radius 3 is 2.84 bits per heavy atom. The number of nitrogens with two attached hydrogens (primary N) is 1. The first-order chi connectivity index (χ1) is 15.1. The maximum Gasteiger partial charge on any atom is 0.141 e. The standard InChI is InChI=1S/C21H20ClFN4O2.CH5N/c1-29-20-9-19-16(7-13(20)10-27-6-2-3-15(27)11-28)21(25-12-24-19)26-14-4-5-18(23)17(22)8-14;1-2/h4-5,7-9,11-12,15H,2-3,6,10H2,1H3,(H,24,25,26);2H2,1H3/t15-;/m1./s1. The third-order valence-corrected chi connectivity index (χ3v) is 5.45. The van der Waals surface area contributed by atoms with Crippen LogP contribution in [0.5, 0.6) is 5.75 Å². The summed E-state index contributed by atoms with van der Waals surface area (Å²) in [7, 11) is 3.12. The highest BCUT2D eigenvalue weighted by Crippen LogP contribution is 2.32. The molecule has 1 aliphatic heterocycles. The largest absolute Gasteiger partial charge is 0.496 e. The van der Waals surface area contributed by atoms with Gasteiger partial charge in [0.05, 0.1) is 23.7 Å². The number of carbonyl (C=O) groups is 1. The van der Waals surface area contributed by atoms with Gasteiger partial charge < -0.3 is 20.6 Å². The van der Waals surface area contributed by atoms with E-state index >= 15 is 0 Å². The molecule has 0 saturated carbocycles. The first-order valence-corrected chi connectivity index (χ1v) is 10.3. The third kappa shape index (κ3) is 5.10. The van der Waals surface area contributed by atoms with Crippen molar-refractivity contribution in [3.8, 4) is 5.75 Å². The number of carbonyl (C=O) groups excluding carboxylic acids is 1. The van der Waals surface area contributed by atoms with Crippen molar-refractivity contribution in [3.63, 3.8) is 0 Å². The Hall–Kier alpha value is -2.81. The summed E-state index contributed by atoms with van der Waals surface area (Å²) < 4.78 is 19.0. The number of halogens is 2. The van der Waals surface area contributed by atoms with Gasteiger partial charge in [0, 0.05) is 29.2 Å². The predicted octanol–water partition coefficient (Wildman–Crippen LogP) is 3.91. The van der Waals surface area contributed by atoms with Gasteiger partial charge in [-0.1, -0.05) is 11.6 Å². The number of ether oxygens (including phenoxy) is 1. The molecular formula is C22H25ClFN5O2. The maximum absolute atomic E-state index is 13.5. The molecule has 1 fully saturated rings. The highest BCUT2D eigenvalue weighted by atomic mass is 35.5. The van der Waals surface area contributed by atoms with Gasteiger partial charge in [0.1, 0.15) is 30.0 Å². The van der Waals surface area contributed by atoms with Crippen LogP contribution in [0.15, 0.2) is 36.7 Å². The minimum Gasteiger partial charge on any atom is -0.496 e. The molecule has 31 heavy (non-hydrogen) atoms. The summed E-state index contributed by atoms with van der Waals surface area (Å²) in [6.07, 6.45) is 4.34. The van der Waals surface area contributed by atoms with Gasteiger partial charge in [0.25, 0.3) is 0 Å². The fraction of sp³-hybridized carbons (Fsp3) is 0.318. The Labute approximate surface area is 185 Å². The number of nitrogens with zero attached hydrogens (tertiary/aromatic N) is 3. The van der Waals surface area contributed by atoms with E-state index in [1.165, 1.54) is 25.5 Å². The van der Waals surface area contributed by atoms with Gasteiger partial charge in [0.2, 0.25) is 0 Å². The molecule has 0 radical (unpaired) electrons. The molecule has 0 amide bonds. The fourth-order valence-electron chi connectivity index (χ4n) is 3.67. The van der Waals surface area contributed by atoms with Crippen molar-refractivity contribution in [2.24, 2.45) is 5.73 Å². The van der Waals surface area contributed by atoms with Crippen LogP contribution < -0.4 is 15.8 Å². The van der Waals surface area contributed by atoms with Gasteiger partial charge in [-0.15, -0.1) is 0 Å². The summed E-state index contributed by atoms with van der Waals surface area (Å²) in [5.74, 6) is 0.811. The molecule has 0 spiro atoms. The van der Waals surface area contributed by atoms with Gasteiger partial charge in [-0.25, -0.2) is 14.4 Å². The molecule has 1 atom stereocenters. The van der Waals surface area contributed by atoms with Crippen LogP contribution in [0.4, 0.5) is 15.9 Å². The Balaban J connectivity index is 0.00000132. The lowest BCUT2D eigenvalue weighted by atomic mass is 10.1. The number of aldehydes is 1. The second-order valence-corrected chi connectivity index (χ2v) is 7.38. The van der Waals surface area contributed by atoms with E-state index in [1.807, 2.05) is 12.1 Å². The maximum atomic E-state index is 13.5. The van der Waals surface area contributed by atoms with Crippen molar-refractivity contribution in [1.82, 2.24) is 14.9 Å². The zero-order valence-corrected chi connectivity index (χ0v) is 18.2. The van der Waals surface area contributed by atoms with Gasteiger partial charge in [-0.05, 0) is 50.7 Å². The number of fused-ring (bicyclic) bond motifs is 1. The molecule has 1 aliphatic rings. The number of likely N-dealkylation sites (tertiary alicyclic amines) is 1. The van der Waals surface area contributed by atoms with Crippen LogP contribution in [0, 0.1) is 5.82 Å². The highest BCUT2D eigenvalue weighted by Gasteiger charge is 2.25. The zero-order valence-electron chi connectivity index (χ0n) is 17.4. The van der Waals surface area contributed by atoms with Crippen LogP contribution in [0.1, 0.15) is 18.4 Å². The number of hydrogen-bond acceptors (Lipinski definition) is 7. The summed E-state index contributed by atoms with van der Waals surface area (Å²) in [5.41, 5.74) is 6.78. The predicted molar refractivity (Wildman–Crippen MR) is 120 cm³/mol. The smallest absolute Gasteiger partial charge is 0.141 e. The van der Waals surface area contributed by atoms with Crippen LogP contribution in [-0.2, 0) is 11.3 Å². The molecule has 1 aromatic heterocycles. The molecule has 164 valence electrons. The molecule has 0 unspecified atom stereocenters. The molecule has 3 N–H and O–H groups in total. The van der Waals surface area contributed by atoms with E-state index in [0.29, 0.717) is 29.3 Å². The number of benzene rings is 2. The first kappa shape index (κ1) is 22.9. The van der Waals surface area contributed by atoms with E-state index < -0.39 is 5.82 Å². The molecule has 7 nitrogen and oxygen atoms in total. The second kappa shape index (κ2) is 10.5. The van der Waals surface area contributed by atoms with Crippen LogP contribution in [0.25, 0.3) is 10.9 Å². The molecule has 2 aromatic carbocycles. The quantitative estimate of drug-likeness (QED) is 0.555. The number of hydrogen-bond donors (Lipinski definition) is 2. The molecule has 3 aromatic rings. The van der Waals surface area contributed by atoms with Crippen LogP contribution in [0.2, 0.25) is 5.02 Å². The summed E-state index contributed by atoms with van der Waals surface area (Å²) in [5, 5.41) is 4.01. The average Bonchev–Trinajstić information content (AvgIpc) is 3.25. The Kier molecular flexibility index (Phi) is 7.73. The van der Waals surface area contributed by atoms with Gasteiger partial charge in [-0.3, -0.25) is 4.90 Å². The van der Waals surface area contributed by atoms with Crippen molar-refractivity contribution in [1.29, 1.82) is 0 Å². The molecular weight excluding hydrogens is 421 g/mol. The summed E-state index contributed by atoms with van der Waals surface area (Å²) in [4.78, 5) is 22.2. The molecule has 0 bridgehead atoms. The lowest BCUT2D eigenvalue weighted by molar-refractivity contribution is -0.111. The molecule has 0 aliphatic carbocycles. The summed E-state index contributed by atoms with van der Waals surface area (Å²) >= 11 is 5.89. The SMILES string of the molecule is CN.COc1cc2ncnc(Nc3ccc(F)c(Cl)c3)c2cc1CN1CCC[C@@H]1C=O. The highest BCUT2D eigenvalue weighted by molar-refractivity contribution is 6.31. The van der Waals surface area contributed by atoms with Gasteiger partial charge >= 0.3 is 0 Å². The Morgan fingerprint density at radius 2 is 2.13 bits per heavy atom. The minimum atomic E-state index is -0.480. The van der Waals surface area contributed by atoms with Crippen LogP contribution >= 0.6 is 11.6 Å². The number of rotatable bonds is 6. The Bertz CT molecular complexity index is 1070. The van der Waals surface area contributed by atoms with Gasteiger partial charge in [-0.2, -0.15) is 0 Å². The number of nitrogens with one attached hydrogen (secondary N) is 1. The summed E-state index contributed by atoms with van der Waals surface area (Å²) in [6.45, 7) is 1.47. The van der Waals surface area contributed by atoms with Crippen LogP contribution in [0.3, 0.4) is 0 Å². The number of methoxy groups -OCH3 is 1. The lowest BCUT2D eigenvalue weighted by Gasteiger charge is -2.22. The normalized spacial score (nSPS) is 16.0. The number of anilines is 2. The van der Waals surface area contributed by atoms with Crippen molar-refractivity contribution in [2.45, 2.75) is 25.4 Å². The van der Waals surface area contributed by atoms with Crippen molar-refractivity contribution < 1.29 is 13.9 Å².